The van der Waals surface area contributed by atoms with E-state index in [0.29, 0.717) is 29.4 Å². The largest absolute Gasteiger partial charge is 0.489 e. The lowest BCUT2D eigenvalue weighted by molar-refractivity contribution is 0.101. The SMILES string of the molecule is C=C(C)COc1ccc2c(c1)OC(=CC1=Cc3ccccc3OC1C)C2=O. The van der Waals surface area contributed by atoms with Crippen molar-refractivity contribution in [2.24, 2.45) is 0 Å². The number of hydrogen-bond donors (Lipinski definition) is 0. The number of benzene rings is 2. The highest BCUT2D eigenvalue weighted by Gasteiger charge is 2.29. The molecule has 2 aliphatic rings. The molecule has 1 atom stereocenters. The number of rotatable bonds is 4. The number of Topliss-reactive ketones (excluding diaryl/α,β-unsaturated/α-hetero) is 1. The molecule has 4 nitrogen and oxygen atoms in total. The van der Waals surface area contributed by atoms with Crippen LogP contribution < -0.4 is 14.2 Å². The second-order valence-electron chi connectivity index (χ2n) is 6.79. The minimum atomic E-state index is -0.165. The third kappa shape index (κ3) is 3.38. The zero-order chi connectivity index (χ0) is 19.0. The quantitative estimate of drug-likeness (QED) is 0.571. The number of carbonyl (C=O) groups is 1. The van der Waals surface area contributed by atoms with E-state index in [9.17, 15) is 4.79 Å². The summed E-state index contributed by atoms with van der Waals surface area (Å²) < 4.78 is 17.4. The van der Waals surface area contributed by atoms with E-state index >= 15 is 0 Å². The summed E-state index contributed by atoms with van der Waals surface area (Å²) in [4.78, 5) is 12.7. The van der Waals surface area contributed by atoms with Crippen LogP contribution in [0, 0.1) is 0 Å². The summed E-state index contributed by atoms with van der Waals surface area (Å²) in [5.41, 5.74) is 3.34. The van der Waals surface area contributed by atoms with Gasteiger partial charge in [-0.3, -0.25) is 4.79 Å². The van der Waals surface area contributed by atoms with E-state index in [2.05, 4.69) is 6.58 Å². The van der Waals surface area contributed by atoms with E-state index in [4.69, 9.17) is 14.2 Å². The molecule has 0 spiro atoms. The Kier molecular flexibility index (Phi) is 4.32. The molecule has 0 aliphatic carbocycles. The standard InChI is InChI=1S/C23H20O4/c1-14(2)13-25-18-8-9-19-21(12-18)27-22(23(19)24)11-17-10-16-6-4-5-7-20(16)26-15(17)3/h4-12,15H,1,13H2,2-3H3. The predicted octanol–water partition coefficient (Wildman–Crippen LogP) is 4.97. The third-order valence-corrected chi connectivity index (χ3v) is 4.44. The summed E-state index contributed by atoms with van der Waals surface area (Å²) in [5, 5.41) is 0. The summed E-state index contributed by atoms with van der Waals surface area (Å²) in [7, 11) is 0. The van der Waals surface area contributed by atoms with Crippen molar-refractivity contribution in [3.63, 3.8) is 0 Å². The smallest absolute Gasteiger partial charge is 0.231 e. The van der Waals surface area contributed by atoms with E-state index in [1.165, 1.54) is 0 Å². The molecule has 0 amide bonds. The number of fused-ring (bicyclic) bond motifs is 2. The van der Waals surface area contributed by atoms with Gasteiger partial charge in [0.15, 0.2) is 5.76 Å². The van der Waals surface area contributed by atoms with Crippen molar-refractivity contribution < 1.29 is 19.0 Å². The molecule has 2 aromatic carbocycles. The van der Waals surface area contributed by atoms with Gasteiger partial charge in [-0.05, 0) is 55.3 Å². The highest BCUT2D eigenvalue weighted by atomic mass is 16.5. The van der Waals surface area contributed by atoms with Gasteiger partial charge in [0.2, 0.25) is 5.78 Å². The van der Waals surface area contributed by atoms with Crippen LogP contribution in [-0.2, 0) is 0 Å². The van der Waals surface area contributed by atoms with Crippen molar-refractivity contribution in [1.82, 2.24) is 0 Å². The predicted molar refractivity (Wildman–Crippen MR) is 104 cm³/mol. The molecule has 1 unspecified atom stereocenters. The Labute approximate surface area is 158 Å². The van der Waals surface area contributed by atoms with E-state index in [0.717, 1.165) is 22.5 Å². The van der Waals surface area contributed by atoms with Gasteiger partial charge in [-0.25, -0.2) is 0 Å². The maximum atomic E-state index is 12.7. The number of ether oxygens (including phenoxy) is 3. The Morgan fingerprint density at radius 2 is 2.04 bits per heavy atom. The lowest BCUT2D eigenvalue weighted by Crippen LogP contribution is -2.18. The van der Waals surface area contributed by atoms with Gasteiger partial charge in [0.25, 0.3) is 0 Å². The van der Waals surface area contributed by atoms with Crippen molar-refractivity contribution >= 4 is 11.9 Å². The Hall–Kier alpha value is -3.27. The molecule has 0 aromatic heterocycles. The van der Waals surface area contributed by atoms with Crippen LogP contribution in [0.4, 0.5) is 0 Å². The Bertz CT molecular complexity index is 997. The maximum absolute atomic E-state index is 12.7. The minimum Gasteiger partial charge on any atom is -0.489 e. The molecule has 136 valence electrons. The van der Waals surface area contributed by atoms with Gasteiger partial charge in [-0.2, -0.15) is 0 Å². The fourth-order valence-electron chi connectivity index (χ4n) is 3.04. The van der Waals surface area contributed by atoms with E-state index in [1.54, 1.807) is 24.3 Å². The Morgan fingerprint density at radius 3 is 2.85 bits per heavy atom. The van der Waals surface area contributed by atoms with Gasteiger partial charge >= 0.3 is 0 Å². The molecule has 2 heterocycles. The molecule has 0 radical (unpaired) electrons. The van der Waals surface area contributed by atoms with Crippen molar-refractivity contribution in [3.05, 3.63) is 83.2 Å². The molecule has 2 aliphatic heterocycles. The monoisotopic (exact) mass is 360 g/mol. The molecular formula is C23H20O4. The van der Waals surface area contributed by atoms with Gasteiger partial charge in [-0.1, -0.05) is 24.8 Å². The third-order valence-electron chi connectivity index (χ3n) is 4.44. The van der Waals surface area contributed by atoms with Crippen molar-refractivity contribution in [2.75, 3.05) is 6.61 Å². The Morgan fingerprint density at radius 1 is 1.22 bits per heavy atom. The van der Waals surface area contributed by atoms with Crippen LogP contribution in [0.15, 0.2) is 72.0 Å². The van der Waals surface area contributed by atoms with Crippen molar-refractivity contribution in [1.29, 1.82) is 0 Å². The number of para-hydroxylation sites is 1. The summed E-state index contributed by atoms with van der Waals surface area (Å²) in [6.07, 6.45) is 3.62. The molecule has 0 saturated carbocycles. The van der Waals surface area contributed by atoms with Gasteiger partial charge < -0.3 is 14.2 Å². The fraction of sp³-hybridized carbons (Fsp3) is 0.174. The summed E-state index contributed by atoms with van der Waals surface area (Å²) in [5.74, 6) is 2.16. The van der Waals surface area contributed by atoms with Gasteiger partial charge in [0.1, 0.15) is 30.0 Å². The fourth-order valence-corrected chi connectivity index (χ4v) is 3.04. The summed E-state index contributed by atoms with van der Waals surface area (Å²) in [6, 6.07) is 13.1. The zero-order valence-corrected chi connectivity index (χ0v) is 15.3. The first kappa shape index (κ1) is 17.2. The summed E-state index contributed by atoms with van der Waals surface area (Å²) in [6.45, 7) is 8.09. The molecule has 0 bridgehead atoms. The summed E-state index contributed by atoms with van der Waals surface area (Å²) >= 11 is 0. The number of ketones is 1. The molecule has 0 N–H and O–H groups in total. The molecular weight excluding hydrogens is 340 g/mol. The second kappa shape index (κ2) is 6.80. The van der Waals surface area contributed by atoms with Gasteiger partial charge in [0, 0.05) is 11.6 Å². The van der Waals surface area contributed by atoms with E-state index in [1.807, 2.05) is 44.2 Å². The highest BCUT2D eigenvalue weighted by Crippen LogP contribution is 2.36. The van der Waals surface area contributed by atoms with Gasteiger partial charge in [0.05, 0.1) is 5.56 Å². The molecule has 4 rings (SSSR count). The lowest BCUT2D eigenvalue weighted by Gasteiger charge is -2.22. The number of hydrogen-bond acceptors (Lipinski definition) is 4. The average Bonchev–Trinajstić information content (AvgIpc) is 2.96. The first-order valence-corrected chi connectivity index (χ1v) is 8.84. The van der Waals surface area contributed by atoms with Crippen LogP contribution in [0.3, 0.4) is 0 Å². The molecule has 4 heteroatoms. The topological polar surface area (TPSA) is 44.8 Å². The zero-order valence-electron chi connectivity index (χ0n) is 15.3. The van der Waals surface area contributed by atoms with Crippen molar-refractivity contribution in [2.45, 2.75) is 20.0 Å². The van der Waals surface area contributed by atoms with Crippen LogP contribution in [-0.4, -0.2) is 18.5 Å². The average molecular weight is 360 g/mol. The van der Waals surface area contributed by atoms with Crippen LogP contribution >= 0.6 is 0 Å². The van der Waals surface area contributed by atoms with Crippen LogP contribution in [0.5, 0.6) is 17.2 Å². The normalized spacial score (nSPS) is 18.9. The molecule has 0 fully saturated rings. The van der Waals surface area contributed by atoms with Gasteiger partial charge in [-0.15, -0.1) is 0 Å². The maximum Gasteiger partial charge on any atom is 0.231 e. The van der Waals surface area contributed by atoms with Crippen LogP contribution in [0.25, 0.3) is 6.08 Å². The highest BCUT2D eigenvalue weighted by molar-refractivity contribution is 6.12. The van der Waals surface area contributed by atoms with Crippen LogP contribution in [0.1, 0.15) is 29.8 Å². The van der Waals surface area contributed by atoms with Crippen molar-refractivity contribution in [3.8, 4) is 17.2 Å². The molecule has 0 saturated heterocycles. The molecule has 2 aromatic rings. The first-order chi connectivity index (χ1) is 13.0. The van der Waals surface area contributed by atoms with E-state index < -0.39 is 0 Å². The van der Waals surface area contributed by atoms with E-state index in [-0.39, 0.29) is 11.9 Å². The number of carbonyl (C=O) groups excluding carboxylic acids is 1. The second-order valence-corrected chi connectivity index (χ2v) is 6.79. The lowest BCUT2D eigenvalue weighted by atomic mass is 10.0. The minimum absolute atomic E-state index is 0.136. The first-order valence-electron chi connectivity index (χ1n) is 8.84. The van der Waals surface area contributed by atoms with Crippen LogP contribution in [0.2, 0.25) is 0 Å². The molecule has 27 heavy (non-hydrogen) atoms. The number of allylic oxidation sites excluding steroid dienone is 1. The Balaban J connectivity index is 1.61.